The minimum Gasteiger partial charge on any atom is -0.380 e. The maximum Gasteiger partial charge on any atom is 0.0593 e. The largest absolute Gasteiger partial charge is 0.380 e. The Kier molecular flexibility index (Phi) is 13.7. The lowest BCUT2D eigenvalue weighted by atomic mass is 10.4. The molecule has 0 heterocycles. The molecule has 0 amide bonds. The van der Waals surface area contributed by atoms with Crippen molar-refractivity contribution in [3.8, 4) is 0 Å². The van der Waals surface area contributed by atoms with Gasteiger partial charge in [-0.05, 0) is 32.5 Å². The average molecular weight is 247 g/mol. The lowest BCUT2D eigenvalue weighted by Crippen LogP contribution is -2.31. The van der Waals surface area contributed by atoms with Crippen LogP contribution in [0, 0.1) is 0 Å². The fraction of sp³-hybridized carbons (Fsp3) is 1.00. The van der Waals surface area contributed by atoms with Gasteiger partial charge < -0.3 is 20.9 Å². The topological polar surface area (TPSA) is 73.7 Å². The van der Waals surface area contributed by atoms with Gasteiger partial charge in [-0.3, -0.25) is 4.90 Å². The molecule has 0 aromatic carbocycles. The summed E-state index contributed by atoms with van der Waals surface area (Å²) in [6.45, 7) is 9.58. The molecule has 0 spiro atoms. The summed E-state index contributed by atoms with van der Waals surface area (Å²) in [6.07, 6.45) is 1.88. The number of hydrogen-bond donors (Lipinski definition) is 2. The molecule has 0 aromatic rings. The van der Waals surface area contributed by atoms with Crippen molar-refractivity contribution < 1.29 is 9.47 Å². The Morgan fingerprint density at radius 2 is 1.29 bits per heavy atom. The molecule has 0 aromatic heterocycles. The van der Waals surface area contributed by atoms with Crippen LogP contribution in [0.4, 0.5) is 0 Å². The summed E-state index contributed by atoms with van der Waals surface area (Å²) in [4.78, 5) is 2.32. The highest BCUT2D eigenvalue weighted by Gasteiger charge is 2.01. The van der Waals surface area contributed by atoms with Crippen LogP contribution in [-0.4, -0.2) is 64.1 Å². The summed E-state index contributed by atoms with van der Waals surface area (Å²) in [5, 5.41) is 0. The molecule has 0 saturated carbocycles. The molecular weight excluding hydrogens is 218 g/mol. The molecule has 0 aliphatic heterocycles. The van der Waals surface area contributed by atoms with Crippen molar-refractivity contribution in [1.29, 1.82) is 0 Å². The number of nitrogens with two attached hydrogens (primary N) is 2. The Labute approximate surface area is 105 Å². The minimum absolute atomic E-state index is 0.701. The number of hydrogen-bond acceptors (Lipinski definition) is 5. The normalized spacial score (nSPS) is 11.3. The average Bonchev–Trinajstić information content (AvgIpc) is 2.36. The third kappa shape index (κ3) is 12.1. The van der Waals surface area contributed by atoms with Crippen molar-refractivity contribution in [2.24, 2.45) is 11.5 Å². The highest BCUT2D eigenvalue weighted by atomic mass is 16.5. The molecular formula is C12H29N3O2. The van der Waals surface area contributed by atoms with Crippen molar-refractivity contribution in [2.75, 3.05) is 59.2 Å². The summed E-state index contributed by atoms with van der Waals surface area (Å²) < 4.78 is 10.9. The van der Waals surface area contributed by atoms with E-state index in [4.69, 9.17) is 20.9 Å². The van der Waals surface area contributed by atoms with Crippen LogP contribution >= 0.6 is 0 Å². The molecule has 0 aliphatic carbocycles. The van der Waals surface area contributed by atoms with Crippen molar-refractivity contribution in [2.45, 2.75) is 19.8 Å². The molecule has 4 N–H and O–H groups in total. The van der Waals surface area contributed by atoms with Gasteiger partial charge in [0.1, 0.15) is 0 Å². The van der Waals surface area contributed by atoms with Gasteiger partial charge in [0.2, 0.25) is 0 Å². The standard InChI is InChI=1S/C12H29N3O2/c1-2-15(7-11-16-9-3-5-13)8-12-17-10-4-6-14/h2-14H2,1H3. The molecule has 0 saturated heterocycles. The second kappa shape index (κ2) is 13.9. The van der Waals surface area contributed by atoms with E-state index in [1.807, 2.05) is 0 Å². The quantitative estimate of drug-likeness (QED) is 0.450. The van der Waals surface area contributed by atoms with E-state index in [0.29, 0.717) is 13.1 Å². The minimum atomic E-state index is 0.701. The zero-order valence-electron chi connectivity index (χ0n) is 11.2. The number of ether oxygens (including phenoxy) is 2. The maximum atomic E-state index is 5.47. The monoisotopic (exact) mass is 247 g/mol. The van der Waals surface area contributed by atoms with Gasteiger partial charge in [-0.2, -0.15) is 0 Å². The van der Waals surface area contributed by atoms with Crippen LogP contribution in [0.25, 0.3) is 0 Å². The molecule has 0 radical (unpaired) electrons. The van der Waals surface area contributed by atoms with Crippen LogP contribution < -0.4 is 11.5 Å². The summed E-state index contributed by atoms with van der Waals surface area (Å²) in [5.74, 6) is 0. The van der Waals surface area contributed by atoms with Gasteiger partial charge in [-0.1, -0.05) is 6.92 Å². The zero-order chi connectivity index (χ0) is 12.8. The Balaban J connectivity index is 3.30. The SMILES string of the molecule is CCN(CCOCCCN)CCOCCCN. The number of likely N-dealkylation sites (N-methyl/N-ethyl adjacent to an activating group) is 1. The van der Waals surface area contributed by atoms with Gasteiger partial charge >= 0.3 is 0 Å². The number of rotatable bonds is 13. The van der Waals surface area contributed by atoms with Crippen molar-refractivity contribution in [3.63, 3.8) is 0 Å². The van der Waals surface area contributed by atoms with Gasteiger partial charge in [0.05, 0.1) is 13.2 Å². The number of nitrogens with zero attached hydrogens (tertiary/aromatic N) is 1. The van der Waals surface area contributed by atoms with E-state index in [1.54, 1.807) is 0 Å². The lowest BCUT2D eigenvalue weighted by Gasteiger charge is -2.20. The third-order valence-electron chi connectivity index (χ3n) is 2.54. The lowest BCUT2D eigenvalue weighted by molar-refractivity contribution is 0.0761. The van der Waals surface area contributed by atoms with Gasteiger partial charge in [-0.25, -0.2) is 0 Å². The fourth-order valence-corrected chi connectivity index (χ4v) is 1.39. The zero-order valence-corrected chi connectivity index (χ0v) is 11.2. The maximum absolute atomic E-state index is 5.47. The fourth-order valence-electron chi connectivity index (χ4n) is 1.39. The van der Waals surface area contributed by atoms with E-state index in [1.165, 1.54) is 0 Å². The van der Waals surface area contributed by atoms with Crippen molar-refractivity contribution >= 4 is 0 Å². The van der Waals surface area contributed by atoms with Crippen LogP contribution in [0.2, 0.25) is 0 Å². The Morgan fingerprint density at radius 3 is 1.65 bits per heavy atom. The Bertz CT molecular complexity index is 134. The van der Waals surface area contributed by atoms with Crippen LogP contribution in [0.3, 0.4) is 0 Å². The van der Waals surface area contributed by atoms with E-state index < -0.39 is 0 Å². The van der Waals surface area contributed by atoms with E-state index >= 15 is 0 Å². The Morgan fingerprint density at radius 1 is 0.824 bits per heavy atom. The second-order valence-electron chi connectivity index (χ2n) is 3.94. The first kappa shape index (κ1) is 16.8. The Hall–Kier alpha value is -0.200. The van der Waals surface area contributed by atoms with Crippen molar-refractivity contribution in [1.82, 2.24) is 4.90 Å². The van der Waals surface area contributed by atoms with Gasteiger partial charge in [-0.15, -0.1) is 0 Å². The van der Waals surface area contributed by atoms with Crippen molar-refractivity contribution in [3.05, 3.63) is 0 Å². The molecule has 0 aliphatic rings. The van der Waals surface area contributed by atoms with Gasteiger partial charge in [0.15, 0.2) is 0 Å². The van der Waals surface area contributed by atoms with Crippen LogP contribution in [0.1, 0.15) is 19.8 Å². The smallest absolute Gasteiger partial charge is 0.0593 e. The molecule has 0 rings (SSSR count). The van der Waals surface area contributed by atoms with E-state index in [9.17, 15) is 0 Å². The summed E-state index contributed by atoms with van der Waals surface area (Å²) in [5.41, 5.74) is 10.8. The van der Waals surface area contributed by atoms with Crippen LogP contribution in [0.15, 0.2) is 0 Å². The highest BCUT2D eigenvalue weighted by Crippen LogP contribution is 1.90. The molecule has 5 heteroatoms. The molecule has 0 atom stereocenters. The van der Waals surface area contributed by atoms with Gasteiger partial charge in [0.25, 0.3) is 0 Å². The first-order valence-corrected chi connectivity index (χ1v) is 6.63. The summed E-state index contributed by atoms with van der Waals surface area (Å²) >= 11 is 0. The molecule has 5 nitrogen and oxygen atoms in total. The third-order valence-corrected chi connectivity index (χ3v) is 2.54. The molecule has 0 unspecified atom stereocenters. The van der Waals surface area contributed by atoms with Crippen LogP contribution in [-0.2, 0) is 9.47 Å². The summed E-state index contributed by atoms with van der Waals surface area (Å²) in [6, 6.07) is 0. The first-order chi connectivity index (χ1) is 8.35. The van der Waals surface area contributed by atoms with E-state index in [-0.39, 0.29) is 0 Å². The van der Waals surface area contributed by atoms with Crippen LogP contribution in [0.5, 0.6) is 0 Å². The summed E-state index contributed by atoms with van der Waals surface area (Å²) in [7, 11) is 0. The van der Waals surface area contributed by atoms with E-state index in [0.717, 1.165) is 58.9 Å². The molecule has 0 bridgehead atoms. The van der Waals surface area contributed by atoms with Gasteiger partial charge in [0, 0.05) is 26.3 Å². The molecule has 0 fully saturated rings. The predicted molar refractivity (Wildman–Crippen MR) is 71.1 cm³/mol. The predicted octanol–water partition coefficient (Wildman–Crippen LogP) is 0.0391. The molecule has 17 heavy (non-hydrogen) atoms. The highest BCUT2D eigenvalue weighted by molar-refractivity contribution is 4.54. The molecule has 104 valence electrons. The second-order valence-corrected chi connectivity index (χ2v) is 3.94. The van der Waals surface area contributed by atoms with E-state index in [2.05, 4.69) is 11.8 Å². The first-order valence-electron chi connectivity index (χ1n) is 6.63.